The summed E-state index contributed by atoms with van der Waals surface area (Å²) < 4.78 is 11.7. The van der Waals surface area contributed by atoms with Gasteiger partial charge in [0.1, 0.15) is 0 Å². The molecule has 0 aliphatic rings. The lowest BCUT2D eigenvalue weighted by Gasteiger charge is -2.05. The number of alkyl halides is 1. The first-order chi connectivity index (χ1) is 5.84. The largest absolute Gasteiger partial charge is 0.384 e. The van der Waals surface area contributed by atoms with Crippen LogP contribution in [0, 0.1) is 0 Å². The highest BCUT2D eigenvalue weighted by atomic mass is 35.5. The van der Waals surface area contributed by atoms with E-state index in [0.717, 1.165) is 5.69 Å². The average molecular weight is 188 g/mol. The molecule has 0 amide bonds. The van der Waals surface area contributed by atoms with Crippen molar-refractivity contribution in [1.29, 1.82) is 0 Å². The fourth-order valence-corrected chi connectivity index (χ4v) is 1.10. The summed E-state index contributed by atoms with van der Waals surface area (Å²) in [5.41, 5.74) is 0.868. The van der Waals surface area contributed by atoms with E-state index in [4.69, 9.17) is 11.6 Å². The molecular formula is C9H11ClFN. The molecule has 66 valence electrons. The fraction of sp³-hybridized carbons (Fsp3) is 0.333. The highest BCUT2D eigenvalue weighted by Crippen LogP contribution is 2.19. The van der Waals surface area contributed by atoms with E-state index in [9.17, 15) is 4.39 Å². The van der Waals surface area contributed by atoms with Gasteiger partial charge in [-0.15, -0.1) is 0 Å². The Morgan fingerprint density at radius 2 is 2.08 bits per heavy atom. The lowest BCUT2D eigenvalue weighted by molar-refractivity contribution is 0.481. The number of nitrogens with one attached hydrogen (secondary N) is 1. The predicted octanol–water partition coefficient (Wildman–Crippen LogP) is 3.11. The molecule has 0 saturated carbocycles. The van der Waals surface area contributed by atoms with Crippen molar-refractivity contribution in [3.8, 4) is 0 Å². The first kappa shape index (κ1) is 9.33. The minimum Gasteiger partial charge on any atom is -0.384 e. The summed E-state index contributed by atoms with van der Waals surface area (Å²) in [7, 11) is 0. The first-order valence-corrected chi connectivity index (χ1v) is 4.27. The quantitative estimate of drug-likeness (QED) is 0.715. The topological polar surface area (TPSA) is 12.0 Å². The first-order valence-electron chi connectivity index (χ1n) is 3.89. The molecule has 0 spiro atoms. The Kier molecular flexibility index (Phi) is 3.88. The van der Waals surface area contributed by atoms with Crippen LogP contribution in [-0.4, -0.2) is 13.2 Å². The molecule has 0 bridgehead atoms. The van der Waals surface area contributed by atoms with Crippen molar-refractivity contribution >= 4 is 17.3 Å². The van der Waals surface area contributed by atoms with E-state index in [-0.39, 0.29) is 6.67 Å². The second kappa shape index (κ2) is 4.99. The van der Waals surface area contributed by atoms with Crippen LogP contribution in [0.4, 0.5) is 10.1 Å². The zero-order valence-corrected chi connectivity index (χ0v) is 7.44. The van der Waals surface area contributed by atoms with Crippen molar-refractivity contribution in [3.63, 3.8) is 0 Å². The standard InChI is InChI=1S/C9H11ClFN/c10-8-4-1-2-5-9(8)12-7-3-6-11/h1-2,4-5,12H,3,6-7H2. The van der Waals surface area contributed by atoms with Gasteiger partial charge in [-0.2, -0.15) is 0 Å². The van der Waals surface area contributed by atoms with Crippen LogP contribution in [-0.2, 0) is 0 Å². The van der Waals surface area contributed by atoms with Gasteiger partial charge in [0, 0.05) is 6.54 Å². The second-order valence-corrected chi connectivity index (χ2v) is 2.86. The predicted molar refractivity (Wildman–Crippen MR) is 50.5 cm³/mol. The third-order valence-corrected chi connectivity index (χ3v) is 1.83. The molecule has 3 heteroatoms. The lowest BCUT2D eigenvalue weighted by Crippen LogP contribution is -2.02. The minimum absolute atomic E-state index is 0.294. The third kappa shape index (κ3) is 2.70. The Morgan fingerprint density at radius 1 is 1.33 bits per heavy atom. The summed E-state index contributed by atoms with van der Waals surface area (Å²) in [6.45, 7) is 0.331. The molecule has 0 heterocycles. The molecule has 0 saturated heterocycles. The molecule has 1 rings (SSSR count). The fourth-order valence-electron chi connectivity index (χ4n) is 0.894. The van der Waals surface area contributed by atoms with Gasteiger partial charge in [-0.1, -0.05) is 23.7 Å². The number of para-hydroxylation sites is 1. The van der Waals surface area contributed by atoms with Gasteiger partial charge in [-0.05, 0) is 18.6 Å². The Morgan fingerprint density at radius 3 is 2.75 bits per heavy atom. The molecule has 0 fully saturated rings. The molecule has 12 heavy (non-hydrogen) atoms. The van der Waals surface area contributed by atoms with E-state index in [2.05, 4.69) is 5.32 Å². The number of benzene rings is 1. The highest BCUT2D eigenvalue weighted by molar-refractivity contribution is 6.33. The molecule has 0 aliphatic carbocycles. The van der Waals surface area contributed by atoms with Gasteiger partial charge < -0.3 is 5.32 Å². The van der Waals surface area contributed by atoms with Crippen LogP contribution < -0.4 is 5.32 Å². The van der Waals surface area contributed by atoms with Gasteiger partial charge in [0.15, 0.2) is 0 Å². The number of rotatable bonds is 4. The molecule has 1 aromatic rings. The summed E-state index contributed by atoms with van der Waals surface area (Å²) >= 11 is 5.85. The number of hydrogen-bond acceptors (Lipinski definition) is 1. The van der Waals surface area contributed by atoms with Crippen LogP contribution in [0.1, 0.15) is 6.42 Å². The molecule has 0 aromatic heterocycles. The summed E-state index contributed by atoms with van der Waals surface area (Å²) in [6, 6.07) is 7.44. The second-order valence-electron chi connectivity index (χ2n) is 2.45. The van der Waals surface area contributed by atoms with Crippen LogP contribution in [0.3, 0.4) is 0 Å². The maximum Gasteiger partial charge on any atom is 0.0911 e. The van der Waals surface area contributed by atoms with Crippen molar-refractivity contribution in [2.45, 2.75) is 6.42 Å². The Labute approximate surface area is 76.5 Å². The van der Waals surface area contributed by atoms with Crippen LogP contribution in [0.5, 0.6) is 0 Å². The zero-order chi connectivity index (χ0) is 8.81. The zero-order valence-electron chi connectivity index (χ0n) is 6.69. The monoisotopic (exact) mass is 187 g/mol. The lowest BCUT2D eigenvalue weighted by atomic mass is 10.3. The highest BCUT2D eigenvalue weighted by Gasteiger charge is 1.95. The van der Waals surface area contributed by atoms with Crippen molar-refractivity contribution in [2.24, 2.45) is 0 Å². The number of hydrogen-bond donors (Lipinski definition) is 1. The van der Waals surface area contributed by atoms with Crippen molar-refractivity contribution in [3.05, 3.63) is 29.3 Å². The molecule has 0 aliphatic heterocycles. The molecule has 0 atom stereocenters. The van der Waals surface area contributed by atoms with Gasteiger partial charge in [-0.3, -0.25) is 4.39 Å². The van der Waals surface area contributed by atoms with E-state index in [1.54, 1.807) is 6.07 Å². The Balaban J connectivity index is 2.46. The summed E-state index contributed by atoms with van der Waals surface area (Å²) in [5, 5.41) is 3.72. The Bertz CT molecular complexity index is 240. The smallest absolute Gasteiger partial charge is 0.0911 e. The van der Waals surface area contributed by atoms with Crippen molar-refractivity contribution in [1.82, 2.24) is 0 Å². The van der Waals surface area contributed by atoms with Gasteiger partial charge in [-0.25, -0.2) is 0 Å². The molecule has 1 aromatic carbocycles. The van der Waals surface area contributed by atoms with Crippen LogP contribution in [0.15, 0.2) is 24.3 Å². The normalized spacial score (nSPS) is 9.83. The van der Waals surface area contributed by atoms with Gasteiger partial charge in [0.05, 0.1) is 17.4 Å². The molecule has 0 unspecified atom stereocenters. The van der Waals surface area contributed by atoms with Crippen molar-refractivity contribution in [2.75, 3.05) is 18.5 Å². The SMILES string of the molecule is FCCCNc1ccccc1Cl. The van der Waals surface area contributed by atoms with Crippen LogP contribution >= 0.6 is 11.6 Å². The van der Waals surface area contributed by atoms with Gasteiger partial charge >= 0.3 is 0 Å². The van der Waals surface area contributed by atoms with E-state index in [1.807, 2.05) is 18.2 Å². The van der Waals surface area contributed by atoms with E-state index in [0.29, 0.717) is 18.0 Å². The van der Waals surface area contributed by atoms with Crippen molar-refractivity contribution < 1.29 is 4.39 Å². The number of halogens is 2. The van der Waals surface area contributed by atoms with Crippen LogP contribution in [0.25, 0.3) is 0 Å². The average Bonchev–Trinajstić information content (AvgIpc) is 2.09. The molecule has 1 N–H and O–H groups in total. The van der Waals surface area contributed by atoms with Gasteiger partial charge in [0.25, 0.3) is 0 Å². The minimum atomic E-state index is -0.294. The van der Waals surface area contributed by atoms with E-state index < -0.39 is 0 Å². The number of anilines is 1. The molecular weight excluding hydrogens is 177 g/mol. The maximum atomic E-state index is 11.7. The van der Waals surface area contributed by atoms with Crippen LogP contribution in [0.2, 0.25) is 5.02 Å². The maximum absolute atomic E-state index is 11.7. The third-order valence-electron chi connectivity index (χ3n) is 1.50. The molecule has 1 nitrogen and oxygen atoms in total. The molecule has 0 radical (unpaired) electrons. The Hall–Kier alpha value is -0.760. The summed E-state index contributed by atoms with van der Waals surface area (Å²) in [6.07, 6.45) is 0.519. The van der Waals surface area contributed by atoms with E-state index in [1.165, 1.54) is 0 Å². The van der Waals surface area contributed by atoms with Gasteiger partial charge in [0.2, 0.25) is 0 Å². The van der Waals surface area contributed by atoms with E-state index >= 15 is 0 Å². The summed E-state index contributed by atoms with van der Waals surface area (Å²) in [5.74, 6) is 0. The summed E-state index contributed by atoms with van der Waals surface area (Å²) in [4.78, 5) is 0.